The van der Waals surface area contributed by atoms with Gasteiger partial charge >= 0.3 is 5.97 Å². The van der Waals surface area contributed by atoms with Gasteiger partial charge in [-0.1, -0.05) is 19.8 Å². The van der Waals surface area contributed by atoms with E-state index in [2.05, 4.69) is 11.9 Å². The minimum Gasteiger partial charge on any atom is -0.481 e. The third kappa shape index (κ3) is 4.03. The summed E-state index contributed by atoms with van der Waals surface area (Å²) in [6.45, 7) is 2.42. The number of rotatable bonds is 5. The Labute approximate surface area is 125 Å². The average Bonchev–Trinajstić information content (AvgIpc) is 2.49. The zero-order chi connectivity index (χ0) is 15.2. The van der Waals surface area contributed by atoms with E-state index in [4.69, 9.17) is 5.11 Å². The summed E-state index contributed by atoms with van der Waals surface area (Å²) in [4.78, 5) is 29.3. The van der Waals surface area contributed by atoms with Crippen LogP contribution in [0.5, 0.6) is 0 Å². The molecular weight excluding hydrogens is 268 g/mol. The van der Waals surface area contributed by atoms with Gasteiger partial charge in [0, 0.05) is 30.5 Å². The minimum absolute atomic E-state index is 0.0138. The normalized spacial score (nSPS) is 21.8. The fourth-order valence-electron chi connectivity index (χ4n) is 3.05. The average molecular weight is 290 g/mol. The van der Waals surface area contributed by atoms with Crippen molar-refractivity contribution >= 4 is 11.9 Å². The van der Waals surface area contributed by atoms with Crippen molar-refractivity contribution in [2.24, 2.45) is 5.92 Å². The summed E-state index contributed by atoms with van der Waals surface area (Å²) in [6, 6.07) is 3.51. The Morgan fingerprint density at radius 1 is 1.29 bits per heavy atom. The van der Waals surface area contributed by atoms with E-state index in [-0.39, 0.29) is 24.9 Å². The molecule has 1 N–H and O–H groups in total. The molecule has 2 atom stereocenters. The Bertz CT molecular complexity index is 490. The molecule has 2 unspecified atom stereocenters. The highest BCUT2D eigenvalue weighted by molar-refractivity contribution is 5.94. The van der Waals surface area contributed by atoms with Crippen LogP contribution < -0.4 is 0 Å². The third-order valence-electron chi connectivity index (χ3n) is 4.22. The number of carboxylic acids is 1. The second-order valence-corrected chi connectivity index (χ2v) is 5.71. The summed E-state index contributed by atoms with van der Waals surface area (Å²) >= 11 is 0. The molecule has 0 saturated heterocycles. The van der Waals surface area contributed by atoms with E-state index in [1.807, 2.05) is 0 Å². The highest BCUT2D eigenvalue weighted by atomic mass is 16.4. The first kappa shape index (κ1) is 15.5. The van der Waals surface area contributed by atoms with Gasteiger partial charge in [0.15, 0.2) is 0 Å². The number of aromatic nitrogens is 1. The number of amides is 1. The highest BCUT2D eigenvalue weighted by Gasteiger charge is 2.31. The lowest BCUT2D eigenvalue weighted by molar-refractivity contribution is -0.137. The molecule has 1 aliphatic carbocycles. The predicted octanol–water partition coefficient (Wildman–Crippen LogP) is 2.58. The van der Waals surface area contributed by atoms with Crippen molar-refractivity contribution in [3.63, 3.8) is 0 Å². The molecule has 0 aliphatic heterocycles. The van der Waals surface area contributed by atoms with Gasteiger partial charge in [0.1, 0.15) is 0 Å². The van der Waals surface area contributed by atoms with Crippen molar-refractivity contribution in [1.82, 2.24) is 9.88 Å². The van der Waals surface area contributed by atoms with Crippen LogP contribution in [0.3, 0.4) is 0 Å². The maximum Gasteiger partial charge on any atom is 0.305 e. The molecule has 2 rings (SSSR count). The predicted molar refractivity (Wildman–Crippen MR) is 78.9 cm³/mol. The van der Waals surface area contributed by atoms with Crippen LogP contribution in [0.2, 0.25) is 0 Å². The second-order valence-electron chi connectivity index (χ2n) is 5.71. The monoisotopic (exact) mass is 290 g/mol. The summed E-state index contributed by atoms with van der Waals surface area (Å²) in [5, 5.41) is 8.93. The molecule has 0 spiro atoms. The number of carbonyl (C=O) groups is 2. The molecule has 1 aromatic heterocycles. The van der Waals surface area contributed by atoms with Crippen molar-refractivity contribution in [3.05, 3.63) is 30.1 Å². The lowest BCUT2D eigenvalue weighted by Crippen LogP contribution is -2.46. The molecular formula is C16H22N2O3. The summed E-state index contributed by atoms with van der Waals surface area (Å²) < 4.78 is 0. The Morgan fingerprint density at radius 2 is 1.95 bits per heavy atom. The lowest BCUT2D eigenvalue weighted by Gasteiger charge is -2.38. The maximum absolute atomic E-state index is 12.7. The van der Waals surface area contributed by atoms with E-state index < -0.39 is 5.97 Å². The van der Waals surface area contributed by atoms with Crippen molar-refractivity contribution in [1.29, 1.82) is 0 Å². The Morgan fingerprint density at radius 3 is 2.57 bits per heavy atom. The minimum atomic E-state index is -0.869. The number of nitrogens with zero attached hydrogens (tertiary/aromatic N) is 2. The molecule has 114 valence electrons. The first-order valence-corrected chi connectivity index (χ1v) is 7.52. The zero-order valence-electron chi connectivity index (χ0n) is 12.4. The van der Waals surface area contributed by atoms with Crippen LogP contribution in [0, 0.1) is 5.92 Å². The molecule has 1 heterocycles. The number of hydrogen-bond donors (Lipinski definition) is 1. The van der Waals surface area contributed by atoms with E-state index in [1.54, 1.807) is 29.4 Å². The SMILES string of the molecule is CC1CCCCC1N(CCC(=O)O)C(=O)c1ccncc1. The largest absolute Gasteiger partial charge is 0.481 e. The van der Waals surface area contributed by atoms with Gasteiger partial charge in [-0.15, -0.1) is 0 Å². The number of pyridine rings is 1. The van der Waals surface area contributed by atoms with Gasteiger partial charge < -0.3 is 10.0 Å². The second kappa shape index (κ2) is 7.20. The molecule has 0 aromatic carbocycles. The van der Waals surface area contributed by atoms with Crippen molar-refractivity contribution in [2.75, 3.05) is 6.54 Å². The fourth-order valence-corrected chi connectivity index (χ4v) is 3.05. The summed E-state index contributed by atoms with van der Waals surface area (Å²) in [7, 11) is 0. The number of aliphatic carboxylic acids is 1. The van der Waals surface area contributed by atoms with Gasteiger partial charge in [0.2, 0.25) is 0 Å². The van der Waals surface area contributed by atoms with Gasteiger partial charge in [-0.25, -0.2) is 0 Å². The summed E-state index contributed by atoms with van der Waals surface area (Å²) in [6.07, 6.45) is 7.51. The molecule has 1 aromatic rings. The zero-order valence-corrected chi connectivity index (χ0v) is 12.4. The summed E-state index contributed by atoms with van der Waals surface area (Å²) in [5.41, 5.74) is 0.577. The van der Waals surface area contributed by atoms with Crippen LogP contribution in [0.4, 0.5) is 0 Å². The third-order valence-corrected chi connectivity index (χ3v) is 4.22. The van der Waals surface area contributed by atoms with E-state index in [0.717, 1.165) is 19.3 Å². The molecule has 1 saturated carbocycles. The Kier molecular flexibility index (Phi) is 5.31. The van der Waals surface area contributed by atoms with Crippen LogP contribution in [-0.4, -0.2) is 39.5 Å². The lowest BCUT2D eigenvalue weighted by atomic mass is 9.84. The topological polar surface area (TPSA) is 70.5 Å². The molecule has 0 bridgehead atoms. The van der Waals surface area contributed by atoms with E-state index in [0.29, 0.717) is 11.5 Å². The highest BCUT2D eigenvalue weighted by Crippen LogP contribution is 2.29. The Hall–Kier alpha value is -1.91. The molecule has 21 heavy (non-hydrogen) atoms. The van der Waals surface area contributed by atoms with E-state index in [9.17, 15) is 9.59 Å². The molecule has 1 aliphatic rings. The van der Waals surface area contributed by atoms with Crippen LogP contribution in [-0.2, 0) is 4.79 Å². The van der Waals surface area contributed by atoms with Crippen LogP contribution in [0.15, 0.2) is 24.5 Å². The smallest absolute Gasteiger partial charge is 0.305 e. The molecule has 1 fully saturated rings. The Balaban J connectivity index is 2.18. The standard InChI is InChI=1S/C16H22N2O3/c1-12-4-2-3-5-14(12)18(11-8-15(19)20)16(21)13-6-9-17-10-7-13/h6-7,9-10,12,14H,2-5,8,11H2,1H3,(H,19,20). The van der Waals surface area contributed by atoms with Gasteiger partial charge in [-0.3, -0.25) is 14.6 Å². The molecule has 1 amide bonds. The van der Waals surface area contributed by atoms with Crippen LogP contribution in [0.25, 0.3) is 0 Å². The van der Waals surface area contributed by atoms with Crippen LogP contribution >= 0.6 is 0 Å². The van der Waals surface area contributed by atoms with Gasteiger partial charge in [0.05, 0.1) is 6.42 Å². The van der Waals surface area contributed by atoms with Gasteiger partial charge in [-0.05, 0) is 30.9 Å². The first-order chi connectivity index (χ1) is 10.1. The van der Waals surface area contributed by atoms with Crippen LogP contribution in [0.1, 0.15) is 49.4 Å². The van der Waals surface area contributed by atoms with Gasteiger partial charge in [0.25, 0.3) is 5.91 Å². The van der Waals surface area contributed by atoms with Crippen molar-refractivity contribution < 1.29 is 14.7 Å². The van der Waals surface area contributed by atoms with Gasteiger partial charge in [-0.2, -0.15) is 0 Å². The van der Waals surface area contributed by atoms with Crippen molar-refractivity contribution in [3.8, 4) is 0 Å². The maximum atomic E-state index is 12.7. The number of carbonyl (C=O) groups excluding carboxylic acids is 1. The van der Waals surface area contributed by atoms with Crippen molar-refractivity contribution in [2.45, 2.75) is 45.1 Å². The van der Waals surface area contributed by atoms with E-state index in [1.165, 1.54) is 6.42 Å². The number of carboxylic acid groups (broad SMARTS) is 1. The molecule has 5 heteroatoms. The quantitative estimate of drug-likeness (QED) is 0.904. The molecule has 5 nitrogen and oxygen atoms in total. The van der Waals surface area contributed by atoms with E-state index >= 15 is 0 Å². The fraction of sp³-hybridized carbons (Fsp3) is 0.562. The summed E-state index contributed by atoms with van der Waals surface area (Å²) in [5.74, 6) is -0.540. The number of hydrogen-bond acceptors (Lipinski definition) is 3. The first-order valence-electron chi connectivity index (χ1n) is 7.52. The molecule has 0 radical (unpaired) electrons.